The fourth-order valence-electron chi connectivity index (χ4n) is 1.87. The molecule has 21 heavy (non-hydrogen) atoms. The van der Waals surface area contributed by atoms with E-state index in [0.29, 0.717) is 19.0 Å². The lowest BCUT2D eigenvalue weighted by Gasteiger charge is -2.19. The molecular weight excluding hydrogens is 284 g/mol. The van der Waals surface area contributed by atoms with Gasteiger partial charge in [0.1, 0.15) is 6.61 Å². The number of rotatable bonds is 4. The average molecular weight is 305 g/mol. The normalized spacial score (nSPS) is 11.5. The summed E-state index contributed by atoms with van der Waals surface area (Å²) in [5, 5.41) is 0.719. The molecule has 0 bridgehead atoms. The summed E-state index contributed by atoms with van der Waals surface area (Å²) in [6, 6.07) is 11.5. The zero-order valence-electron chi connectivity index (χ0n) is 12.7. The molecule has 1 aromatic heterocycles. The van der Waals surface area contributed by atoms with Gasteiger partial charge in [0.15, 0.2) is 0 Å². The lowest BCUT2D eigenvalue weighted by Crippen LogP contribution is -2.15. The Labute approximate surface area is 131 Å². The maximum atomic E-state index is 5.87. The van der Waals surface area contributed by atoms with E-state index in [1.807, 2.05) is 36.4 Å². The van der Waals surface area contributed by atoms with E-state index in [9.17, 15) is 0 Å². The zero-order chi connectivity index (χ0) is 15.5. The van der Waals surface area contributed by atoms with E-state index in [4.69, 9.17) is 22.1 Å². The van der Waals surface area contributed by atoms with Gasteiger partial charge in [0, 0.05) is 23.0 Å². The van der Waals surface area contributed by atoms with E-state index < -0.39 is 0 Å². The van der Waals surface area contributed by atoms with Crippen LogP contribution >= 0.6 is 11.6 Å². The number of pyridine rings is 1. The molecule has 4 heteroatoms. The second-order valence-corrected chi connectivity index (χ2v) is 6.50. The number of benzene rings is 1. The summed E-state index contributed by atoms with van der Waals surface area (Å²) in [4.78, 5) is 4.58. The molecule has 3 nitrogen and oxygen atoms in total. The highest BCUT2D eigenvalue weighted by Crippen LogP contribution is 2.24. The maximum Gasteiger partial charge on any atom is 0.214 e. The number of aromatic nitrogens is 1. The molecule has 1 aromatic carbocycles. The van der Waals surface area contributed by atoms with Gasteiger partial charge in [-0.25, -0.2) is 4.98 Å². The quantitative estimate of drug-likeness (QED) is 0.926. The molecule has 2 N–H and O–H groups in total. The molecule has 0 aliphatic carbocycles. The summed E-state index contributed by atoms with van der Waals surface area (Å²) in [6.45, 7) is 7.31. The number of ether oxygens (including phenoxy) is 1. The summed E-state index contributed by atoms with van der Waals surface area (Å²) in [5.41, 5.74) is 8.78. The van der Waals surface area contributed by atoms with Crippen molar-refractivity contribution in [3.63, 3.8) is 0 Å². The molecule has 0 saturated heterocycles. The topological polar surface area (TPSA) is 48.1 Å². The van der Waals surface area contributed by atoms with Crippen LogP contribution in [0.2, 0.25) is 5.02 Å². The third-order valence-electron chi connectivity index (χ3n) is 3.17. The van der Waals surface area contributed by atoms with Crippen LogP contribution in [0, 0.1) is 0 Å². The van der Waals surface area contributed by atoms with Gasteiger partial charge in [0.2, 0.25) is 5.88 Å². The van der Waals surface area contributed by atoms with Crippen LogP contribution in [0.1, 0.15) is 37.6 Å². The largest absolute Gasteiger partial charge is 0.473 e. The molecule has 0 atom stereocenters. The third kappa shape index (κ3) is 4.45. The number of nitrogens with zero attached hydrogens (tertiary/aromatic N) is 1. The van der Waals surface area contributed by atoms with Gasteiger partial charge in [-0.2, -0.15) is 0 Å². The monoisotopic (exact) mass is 304 g/mol. The van der Waals surface area contributed by atoms with Crippen molar-refractivity contribution < 1.29 is 4.74 Å². The molecule has 0 aliphatic rings. The van der Waals surface area contributed by atoms with Gasteiger partial charge < -0.3 is 10.5 Å². The minimum absolute atomic E-state index is 0.0381. The van der Waals surface area contributed by atoms with E-state index in [0.717, 1.165) is 21.8 Å². The maximum absolute atomic E-state index is 5.87. The van der Waals surface area contributed by atoms with Crippen LogP contribution in [-0.4, -0.2) is 4.98 Å². The molecule has 2 aromatic rings. The molecule has 0 spiro atoms. The van der Waals surface area contributed by atoms with Gasteiger partial charge >= 0.3 is 0 Å². The highest BCUT2D eigenvalue weighted by molar-refractivity contribution is 6.30. The van der Waals surface area contributed by atoms with Gasteiger partial charge in [0.25, 0.3) is 0 Å². The minimum Gasteiger partial charge on any atom is -0.473 e. The first-order chi connectivity index (χ1) is 9.88. The van der Waals surface area contributed by atoms with Crippen LogP contribution < -0.4 is 10.5 Å². The summed E-state index contributed by atoms with van der Waals surface area (Å²) in [5.74, 6) is 0.609. The van der Waals surface area contributed by atoms with Crippen molar-refractivity contribution in [1.29, 1.82) is 0 Å². The van der Waals surface area contributed by atoms with Gasteiger partial charge in [-0.15, -0.1) is 0 Å². The Morgan fingerprint density at radius 1 is 1.10 bits per heavy atom. The fraction of sp³-hybridized carbons (Fsp3) is 0.353. The second kappa shape index (κ2) is 6.46. The molecule has 0 radical (unpaired) electrons. The van der Waals surface area contributed by atoms with E-state index in [-0.39, 0.29) is 5.41 Å². The first-order valence-electron chi connectivity index (χ1n) is 6.97. The predicted molar refractivity (Wildman–Crippen MR) is 86.6 cm³/mol. The Morgan fingerprint density at radius 3 is 2.33 bits per heavy atom. The van der Waals surface area contributed by atoms with Gasteiger partial charge in [-0.05, 0) is 29.3 Å². The molecule has 1 heterocycles. The molecule has 0 aliphatic heterocycles. The van der Waals surface area contributed by atoms with Crippen molar-refractivity contribution in [3.05, 3.63) is 58.2 Å². The highest BCUT2D eigenvalue weighted by atomic mass is 35.5. The second-order valence-electron chi connectivity index (χ2n) is 6.07. The molecule has 2 rings (SSSR count). The first kappa shape index (κ1) is 15.8. The van der Waals surface area contributed by atoms with Crippen molar-refractivity contribution in [2.75, 3.05) is 0 Å². The molecule has 0 saturated carbocycles. The smallest absolute Gasteiger partial charge is 0.214 e. The van der Waals surface area contributed by atoms with E-state index in [1.54, 1.807) is 0 Å². The Morgan fingerprint density at radius 2 is 1.76 bits per heavy atom. The van der Waals surface area contributed by atoms with Gasteiger partial charge in [0.05, 0.1) is 5.69 Å². The predicted octanol–water partition coefficient (Wildman–Crippen LogP) is 4.07. The van der Waals surface area contributed by atoms with Crippen molar-refractivity contribution >= 4 is 11.6 Å². The minimum atomic E-state index is -0.0381. The lowest BCUT2D eigenvalue weighted by atomic mass is 9.91. The SMILES string of the molecule is CC(C)(C)c1cc(CN)cc(OCc2ccc(Cl)cc2)n1. The zero-order valence-corrected chi connectivity index (χ0v) is 13.4. The van der Waals surface area contributed by atoms with E-state index >= 15 is 0 Å². The standard InChI is InChI=1S/C17H21ClN2O/c1-17(2,3)15-8-13(10-19)9-16(20-15)21-11-12-4-6-14(18)7-5-12/h4-9H,10-11,19H2,1-3H3. The molecule has 112 valence electrons. The van der Waals surface area contributed by atoms with Crippen molar-refractivity contribution in [1.82, 2.24) is 4.98 Å². The van der Waals surface area contributed by atoms with Crippen LogP contribution in [0.15, 0.2) is 36.4 Å². The fourth-order valence-corrected chi connectivity index (χ4v) is 2.00. The number of hydrogen-bond acceptors (Lipinski definition) is 3. The Bertz CT molecular complexity index is 603. The number of nitrogens with two attached hydrogens (primary N) is 1. The first-order valence-corrected chi connectivity index (χ1v) is 7.35. The van der Waals surface area contributed by atoms with Crippen LogP contribution in [-0.2, 0) is 18.6 Å². The highest BCUT2D eigenvalue weighted by Gasteiger charge is 2.17. The van der Waals surface area contributed by atoms with Crippen molar-refractivity contribution in [3.8, 4) is 5.88 Å². The van der Waals surface area contributed by atoms with Crippen LogP contribution in [0.4, 0.5) is 0 Å². The van der Waals surface area contributed by atoms with E-state index in [1.165, 1.54) is 0 Å². The van der Waals surface area contributed by atoms with Crippen molar-refractivity contribution in [2.45, 2.75) is 39.3 Å². The lowest BCUT2D eigenvalue weighted by molar-refractivity contribution is 0.291. The Balaban J connectivity index is 2.17. The number of hydrogen-bond donors (Lipinski definition) is 1. The molecular formula is C17H21ClN2O. The summed E-state index contributed by atoms with van der Waals surface area (Å²) in [7, 11) is 0. The van der Waals surface area contributed by atoms with Gasteiger partial charge in [-0.3, -0.25) is 0 Å². The summed E-state index contributed by atoms with van der Waals surface area (Å²) >= 11 is 5.87. The Kier molecular flexibility index (Phi) is 4.86. The Hall–Kier alpha value is -1.58. The summed E-state index contributed by atoms with van der Waals surface area (Å²) < 4.78 is 5.80. The molecule has 0 fully saturated rings. The van der Waals surface area contributed by atoms with Crippen LogP contribution in [0.5, 0.6) is 5.88 Å². The average Bonchev–Trinajstić information content (AvgIpc) is 2.45. The molecule has 0 unspecified atom stereocenters. The van der Waals surface area contributed by atoms with Crippen molar-refractivity contribution in [2.24, 2.45) is 5.73 Å². The molecule has 0 amide bonds. The van der Waals surface area contributed by atoms with Crippen LogP contribution in [0.25, 0.3) is 0 Å². The summed E-state index contributed by atoms with van der Waals surface area (Å²) in [6.07, 6.45) is 0. The number of halogens is 1. The van der Waals surface area contributed by atoms with Crippen LogP contribution in [0.3, 0.4) is 0 Å². The third-order valence-corrected chi connectivity index (χ3v) is 3.42. The van der Waals surface area contributed by atoms with Gasteiger partial charge in [-0.1, -0.05) is 44.5 Å². The van der Waals surface area contributed by atoms with E-state index in [2.05, 4.69) is 25.8 Å².